The van der Waals surface area contributed by atoms with Crippen molar-refractivity contribution in [1.29, 1.82) is 0 Å². The second-order valence-electron chi connectivity index (χ2n) is 4.84. The Labute approximate surface area is 120 Å². The van der Waals surface area contributed by atoms with Gasteiger partial charge in [-0.1, -0.05) is 30.7 Å². The molecule has 1 atom stereocenters. The van der Waals surface area contributed by atoms with Gasteiger partial charge in [-0.3, -0.25) is 0 Å². The first-order chi connectivity index (χ1) is 8.74. The molecule has 0 spiro atoms. The van der Waals surface area contributed by atoms with Crippen LogP contribution in [0.1, 0.15) is 47.3 Å². The molecule has 94 valence electrons. The molecule has 0 amide bonds. The lowest BCUT2D eigenvalue weighted by Gasteiger charge is -2.26. The van der Waals surface area contributed by atoms with Crippen LogP contribution < -0.4 is 0 Å². The van der Waals surface area contributed by atoms with Crippen molar-refractivity contribution < 1.29 is 5.11 Å². The number of benzene rings is 1. The zero-order valence-corrected chi connectivity index (χ0v) is 12.4. The van der Waals surface area contributed by atoms with E-state index in [0.29, 0.717) is 0 Å². The third-order valence-corrected chi connectivity index (χ3v) is 5.37. The molecule has 1 fully saturated rings. The van der Waals surface area contributed by atoms with Gasteiger partial charge in [-0.2, -0.15) is 0 Å². The summed E-state index contributed by atoms with van der Waals surface area (Å²) in [4.78, 5) is 0.985. The van der Waals surface area contributed by atoms with E-state index in [4.69, 9.17) is 0 Å². The minimum atomic E-state index is -0.503. The molecular weight excluding hydrogens is 308 g/mol. The second-order valence-corrected chi connectivity index (χ2v) is 7.33. The van der Waals surface area contributed by atoms with Gasteiger partial charge in [0.15, 0.2) is 0 Å². The van der Waals surface area contributed by atoms with Crippen LogP contribution in [0.25, 0.3) is 0 Å². The van der Waals surface area contributed by atoms with Gasteiger partial charge in [-0.25, -0.2) is 0 Å². The number of halogens is 1. The fraction of sp³-hybridized carbons (Fsp3) is 0.333. The predicted octanol–water partition coefficient (Wildman–Crippen LogP) is 4.86. The monoisotopic (exact) mass is 322 g/mol. The van der Waals surface area contributed by atoms with E-state index >= 15 is 0 Å². The highest BCUT2D eigenvalue weighted by Gasteiger charge is 2.20. The summed E-state index contributed by atoms with van der Waals surface area (Å²) in [6.45, 7) is 0. The average molecular weight is 323 g/mol. The van der Waals surface area contributed by atoms with Gasteiger partial charge >= 0.3 is 0 Å². The summed E-state index contributed by atoms with van der Waals surface area (Å²) in [5.41, 5.74) is 2.40. The molecule has 1 aliphatic rings. The molecule has 3 heteroatoms. The Morgan fingerprint density at radius 3 is 2.33 bits per heavy atom. The Morgan fingerprint density at radius 2 is 1.83 bits per heavy atom. The molecule has 1 N–H and O–H groups in total. The quantitative estimate of drug-likeness (QED) is 0.855. The summed E-state index contributed by atoms with van der Waals surface area (Å²) < 4.78 is 1.06. The van der Waals surface area contributed by atoms with Crippen LogP contribution in [-0.2, 0) is 0 Å². The normalized spacial score (nSPS) is 17.4. The Kier molecular flexibility index (Phi) is 3.55. The summed E-state index contributed by atoms with van der Waals surface area (Å²) in [5, 5.41) is 10.3. The highest BCUT2D eigenvalue weighted by Crippen LogP contribution is 2.37. The van der Waals surface area contributed by atoms with E-state index in [1.807, 2.05) is 12.1 Å². The van der Waals surface area contributed by atoms with Crippen LogP contribution >= 0.6 is 27.3 Å². The fourth-order valence-corrected chi connectivity index (χ4v) is 3.77. The maximum atomic E-state index is 10.3. The van der Waals surface area contributed by atoms with Crippen LogP contribution in [0.15, 0.2) is 40.2 Å². The third kappa shape index (κ3) is 2.40. The Bertz CT molecular complexity index is 528. The third-order valence-electron chi connectivity index (χ3n) is 3.69. The average Bonchev–Trinajstić information content (AvgIpc) is 2.74. The highest BCUT2D eigenvalue weighted by molar-refractivity contribution is 9.11. The molecule has 0 aliphatic heterocycles. The lowest BCUT2D eigenvalue weighted by atomic mass is 9.80. The molecule has 1 aromatic carbocycles. The maximum absolute atomic E-state index is 10.3. The SMILES string of the molecule is OC(c1ccc(C2CCC2)cc1)c1ccc(Br)s1. The van der Waals surface area contributed by atoms with Crippen molar-refractivity contribution in [2.75, 3.05) is 0 Å². The van der Waals surface area contributed by atoms with Gasteiger partial charge in [0.1, 0.15) is 6.10 Å². The molecule has 1 unspecified atom stereocenters. The molecule has 1 aromatic heterocycles. The standard InChI is InChI=1S/C15H15BrOS/c16-14-9-8-13(18-14)15(17)12-6-4-11(5-7-12)10-2-1-3-10/h4-10,15,17H,1-3H2. The van der Waals surface area contributed by atoms with E-state index in [1.54, 1.807) is 11.3 Å². The van der Waals surface area contributed by atoms with Crippen LogP contribution in [-0.4, -0.2) is 5.11 Å². The van der Waals surface area contributed by atoms with Crippen molar-refractivity contribution in [3.63, 3.8) is 0 Å². The summed E-state index contributed by atoms with van der Waals surface area (Å²) in [7, 11) is 0. The summed E-state index contributed by atoms with van der Waals surface area (Å²) >= 11 is 5.01. The van der Waals surface area contributed by atoms with E-state index in [1.165, 1.54) is 24.8 Å². The van der Waals surface area contributed by atoms with Crippen molar-refractivity contribution >= 4 is 27.3 Å². The Balaban J connectivity index is 1.79. The van der Waals surface area contributed by atoms with Gasteiger partial charge in [0, 0.05) is 4.88 Å². The van der Waals surface area contributed by atoms with Crippen molar-refractivity contribution in [2.45, 2.75) is 31.3 Å². The number of rotatable bonds is 3. The van der Waals surface area contributed by atoms with Gasteiger partial charge in [0.2, 0.25) is 0 Å². The van der Waals surface area contributed by atoms with Crippen molar-refractivity contribution in [3.05, 3.63) is 56.2 Å². The van der Waals surface area contributed by atoms with Crippen molar-refractivity contribution in [1.82, 2.24) is 0 Å². The molecule has 1 heterocycles. The highest BCUT2D eigenvalue weighted by atomic mass is 79.9. The van der Waals surface area contributed by atoms with E-state index in [0.717, 1.165) is 20.1 Å². The summed E-state index contributed by atoms with van der Waals surface area (Å²) in [6, 6.07) is 12.4. The smallest absolute Gasteiger partial charge is 0.113 e. The van der Waals surface area contributed by atoms with E-state index in [2.05, 4.69) is 40.2 Å². The van der Waals surface area contributed by atoms with Crippen molar-refractivity contribution in [3.8, 4) is 0 Å². The number of hydrogen-bond acceptors (Lipinski definition) is 2. The van der Waals surface area contributed by atoms with Crippen LogP contribution in [0.2, 0.25) is 0 Å². The van der Waals surface area contributed by atoms with E-state index in [-0.39, 0.29) is 0 Å². The van der Waals surface area contributed by atoms with Gasteiger partial charge in [-0.15, -0.1) is 11.3 Å². The van der Waals surface area contributed by atoms with Gasteiger partial charge in [0.25, 0.3) is 0 Å². The van der Waals surface area contributed by atoms with Crippen LogP contribution in [0.3, 0.4) is 0 Å². The lowest BCUT2D eigenvalue weighted by molar-refractivity contribution is 0.224. The number of aliphatic hydroxyl groups is 1. The van der Waals surface area contributed by atoms with E-state index in [9.17, 15) is 5.11 Å². The topological polar surface area (TPSA) is 20.2 Å². The minimum absolute atomic E-state index is 0.503. The minimum Gasteiger partial charge on any atom is -0.383 e. The molecule has 2 aromatic rings. The molecule has 1 aliphatic carbocycles. The first kappa shape index (κ1) is 12.4. The first-order valence-corrected chi connectivity index (χ1v) is 7.88. The van der Waals surface area contributed by atoms with Crippen molar-refractivity contribution in [2.24, 2.45) is 0 Å². The summed E-state index contributed by atoms with van der Waals surface area (Å²) in [5.74, 6) is 0.757. The van der Waals surface area contributed by atoms with Crippen LogP contribution in [0.5, 0.6) is 0 Å². The predicted molar refractivity (Wildman–Crippen MR) is 79.1 cm³/mol. The number of aliphatic hydroxyl groups excluding tert-OH is 1. The molecule has 18 heavy (non-hydrogen) atoms. The molecule has 0 bridgehead atoms. The fourth-order valence-electron chi connectivity index (χ4n) is 2.33. The number of hydrogen-bond donors (Lipinski definition) is 1. The zero-order chi connectivity index (χ0) is 12.5. The molecule has 1 saturated carbocycles. The van der Waals surface area contributed by atoms with Gasteiger partial charge in [-0.05, 0) is 57.9 Å². The zero-order valence-electron chi connectivity index (χ0n) is 9.97. The largest absolute Gasteiger partial charge is 0.383 e. The number of thiophene rings is 1. The maximum Gasteiger partial charge on any atom is 0.113 e. The molecular formula is C15H15BrOS. The van der Waals surface area contributed by atoms with Gasteiger partial charge < -0.3 is 5.11 Å². The molecule has 0 radical (unpaired) electrons. The Hall–Kier alpha value is -0.640. The van der Waals surface area contributed by atoms with Gasteiger partial charge in [0.05, 0.1) is 3.79 Å². The molecule has 0 saturated heterocycles. The Morgan fingerprint density at radius 1 is 1.11 bits per heavy atom. The molecule has 3 rings (SSSR count). The van der Waals surface area contributed by atoms with E-state index < -0.39 is 6.10 Å². The van der Waals surface area contributed by atoms with Crippen LogP contribution in [0.4, 0.5) is 0 Å². The summed E-state index contributed by atoms with van der Waals surface area (Å²) in [6.07, 6.45) is 3.49. The second kappa shape index (κ2) is 5.16. The van der Waals surface area contributed by atoms with Crippen LogP contribution in [0, 0.1) is 0 Å². The molecule has 1 nitrogen and oxygen atoms in total. The first-order valence-electron chi connectivity index (χ1n) is 6.27. The lowest BCUT2D eigenvalue weighted by Crippen LogP contribution is -2.08.